The molecule has 5 nitrogen and oxygen atoms in total. The summed E-state index contributed by atoms with van der Waals surface area (Å²) in [5.74, 6) is -0.461. The molecule has 0 aromatic carbocycles. The summed E-state index contributed by atoms with van der Waals surface area (Å²) in [6.45, 7) is 4.01. The number of carbonyl (C=O) groups excluding carboxylic acids is 2. The highest BCUT2D eigenvalue weighted by Crippen LogP contribution is 2.09. The molecular weight excluding hydrogens is 232 g/mol. The van der Waals surface area contributed by atoms with Gasteiger partial charge < -0.3 is 9.64 Å². The zero-order chi connectivity index (χ0) is 13.7. The maximum Gasteiger partial charge on any atom is 0.307 e. The number of amides is 1. The summed E-state index contributed by atoms with van der Waals surface area (Å²) in [5, 5.41) is 0. The van der Waals surface area contributed by atoms with Crippen LogP contribution in [0.5, 0.6) is 0 Å². The first kappa shape index (κ1) is 14.2. The molecule has 1 aromatic rings. The van der Waals surface area contributed by atoms with Crippen molar-refractivity contribution in [1.29, 1.82) is 0 Å². The molecule has 1 rings (SSSR count). The first-order valence-corrected chi connectivity index (χ1v) is 5.72. The first-order valence-electron chi connectivity index (χ1n) is 5.72. The Kier molecular flexibility index (Phi) is 4.83. The molecule has 0 aliphatic heterocycles. The van der Waals surface area contributed by atoms with E-state index in [1.54, 1.807) is 26.1 Å². The highest BCUT2D eigenvalue weighted by Gasteiger charge is 2.15. The van der Waals surface area contributed by atoms with Crippen LogP contribution < -0.4 is 0 Å². The van der Waals surface area contributed by atoms with Crippen LogP contribution in [0, 0.1) is 13.8 Å². The molecule has 0 fully saturated rings. The van der Waals surface area contributed by atoms with Gasteiger partial charge in [0.25, 0.3) is 5.91 Å². The minimum atomic E-state index is -0.326. The van der Waals surface area contributed by atoms with Gasteiger partial charge in [-0.05, 0) is 26.0 Å². The number of hydrogen-bond donors (Lipinski definition) is 0. The van der Waals surface area contributed by atoms with Crippen molar-refractivity contribution < 1.29 is 14.3 Å². The fourth-order valence-electron chi connectivity index (χ4n) is 1.58. The van der Waals surface area contributed by atoms with E-state index in [1.807, 2.05) is 6.92 Å². The molecule has 18 heavy (non-hydrogen) atoms. The molecule has 0 spiro atoms. The van der Waals surface area contributed by atoms with E-state index in [-0.39, 0.29) is 18.3 Å². The van der Waals surface area contributed by atoms with E-state index in [0.29, 0.717) is 17.8 Å². The quantitative estimate of drug-likeness (QED) is 0.756. The monoisotopic (exact) mass is 250 g/mol. The number of pyridine rings is 1. The summed E-state index contributed by atoms with van der Waals surface area (Å²) in [7, 11) is 2.99. The molecule has 98 valence electrons. The van der Waals surface area contributed by atoms with E-state index < -0.39 is 0 Å². The third-order valence-electron chi connectivity index (χ3n) is 2.68. The second-order valence-electron chi connectivity index (χ2n) is 4.14. The van der Waals surface area contributed by atoms with Gasteiger partial charge in [0.05, 0.1) is 24.8 Å². The van der Waals surface area contributed by atoms with Crippen LogP contribution in [0.2, 0.25) is 0 Å². The van der Waals surface area contributed by atoms with Crippen LogP contribution in [0.15, 0.2) is 12.1 Å². The minimum absolute atomic E-state index is 0.135. The first-order chi connectivity index (χ1) is 8.45. The zero-order valence-electron chi connectivity index (χ0n) is 11.2. The lowest BCUT2D eigenvalue weighted by atomic mass is 10.1. The van der Waals surface area contributed by atoms with E-state index >= 15 is 0 Å². The minimum Gasteiger partial charge on any atom is -0.469 e. The molecule has 0 aliphatic rings. The van der Waals surface area contributed by atoms with Crippen LogP contribution in [-0.2, 0) is 9.53 Å². The van der Waals surface area contributed by atoms with E-state index in [9.17, 15) is 9.59 Å². The zero-order valence-corrected chi connectivity index (χ0v) is 11.2. The Labute approximate surface area is 107 Å². The number of nitrogens with zero attached hydrogens (tertiary/aromatic N) is 2. The van der Waals surface area contributed by atoms with Gasteiger partial charge in [-0.2, -0.15) is 0 Å². The van der Waals surface area contributed by atoms with Crippen LogP contribution in [0.25, 0.3) is 0 Å². The van der Waals surface area contributed by atoms with Gasteiger partial charge in [-0.15, -0.1) is 0 Å². The Balaban J connectivity index is 2.71. The summed E-state index contributed by atoms with van der Waals surface area (Å²) >= 11 is 0. The molecule has 0 atom stereocenters. The van der Waals surface area contributed by atoms with Crippen LogP contribution in [0.3, 0.4) is 0 Å². The van der Waals surface area contributed by atoms with Crippen molar-refractivity contribution in [2.45, 2.75) is 20.3 Å². The summed E-state index contributed by atoms with van der Waals surface area (Å²) < 4.78 is 4.54. The number of esters is 1. The van der Waals surface area contributed by atoms with E-state index in [0.717, 1.165) is 5.69 Å². The maximum atomic E-state index is 12.1. The lowest BCUT2D eigenvalue weighted by Crippen LogP contribution is -2.30. The second kappa shape index (κ2) is 6.14. The Bertz CT molecular complexity index is 458. The number of rotatable bonds is 4. The molecule has 1 aromatic heterocycles. The number of ether oxygens (including phenoxy) is 1. The van der Waals surface area contributed by atoms with E-state index in [2.05, 4.69) is 9.72 Å². The second-order valence-corrected chi connectivity index (χ2v) is 4.14. The highest BCUT2D eigenvalue weighted by molar-refractivity contribution is 5.95. The lowest BCUT2D eigenvalue weighted by Gasteiger charge is -2.17. The van der Waals surface area contributed by atoms with Crippen molar-refractivity contribution in [3.63, 3.8) is 0 Å². The van der Waals surface area contributed by atoms with Gasteiger partial charge >= 0.3 is 5.97 Å². The molecule has 1 heterocycles. The molecule has 1 amide bonds. The van der Waals surface area contributed by atoms with Gasteiger partial charge in [0, 0.05) is 19.3 Å². The maximum absolute atomic E-state index is 12.1. The number of aromatic nitrogens is 1. The van der Waals surface area contributed by atoms with E-state index in [4.69, 9.17) is 0 Å². The van der Waals surface area contributed by atoms with E-state index in [1.165, 1.54) is 12.0 Å². The van der Waals surface area contributed by atoms with Crippen LogP contribution >= 0.6 is 0 Å². The summed E-state index contributed by atoms with van der Waals surface area (Å²) in [5.41, 5.74) is 2.14. The van der Waals surface area contributed by atoms with Gasteiger partial charge in [-0.1, -0.05) is 0 Å². The van der Waals surface area contributed by atoms with Crippen LogP contribution in [-0.4, -0.2) is 42.5 Å². The van der Waals surface area contributed by atoms with Gasteiger partial charge in [0.2, 0.25) is 0 Å². The van der Waals surface area contributed by atoms with Gasteiger partial charge in [-0.3, -0.25) is 14.6 Å². The molecule has 0 bridgehead atoms. The smallest absolute Gasteiger partial charge is 0.307 e. The van der Waals surface area contributed by atoms with Crippen molar-refractivity contribution in [2.75, 3.05) is 20.7 Å². The Hall–Kier alpha value is -1.91. The molecule has 0 radical (unpaired) electrons. The van der Waals surface area contributed by atoms with Crippen LogP contribution in [0.1, 0.15) is 28.2 Å². The van der Waals surface area contributed by atoms with Crippen molar-refractivity contribution >= 4 is 11.9 Å². The third-order valence-corrected chi connectivity index (χ3v) is 2.68. The van der Waals surface area contributed by atoms with Gasteiger partial charge in [0.1, 0.15) is 0 Å². The Morgan fingerprint density at radius 3 is 2.56 bits per heavy atom. The number of carbonyl (C=O) groups is 2. The topological polar surface area (TPSA) is 59.5 Å². The SMILES string of the molecule is COC(=O)CCN(C)C(=O)c1ccc(C)nc1C. The van der Waals surface area contributed by atoms with Crippen molar-refractivity contribution in [3.05, 3.63) is 29.1 Å². The predicted octanol–water partition coefficient (Wildman–Crippen LogP) is 1.33. The average Bonchev–Trinajstić information content (AvgIpc) is 2.34. The largest absolute Gasteiger partial charge is 0.469 e. The third kappa shape index (κ3) is 3.55. The van der Waals surface area contributed by atoms with Gasteiger partial charge in [0.15, 0.2) is 0 Å². The standard InChI is InChI=1S/C13H18N2O3/c1-9-5-6-11(10(2)14-9)13(17)15(3)8-7-12(16)18-4/h5-6H,7-8H2,1-4H3. The molecule has 0 saturated heterocycles. The molecule has 0 saturated carbocycles. The summed E-state index contributed by atoms with van der Waals surface area (Å²) in [6.07, 6.45) is 0.192. The fourth-order valence-corrected chi connectivity index (χ4v) is 1.58. The molecule has 5 heteroatoms. The predicted molar refractivity (Wildman–Crippen MR) is 67.3 cm³/mol. The van der Waals surface area contributed by atoms with Crippen molar-refractivity contribution in [1.82, 2.24) is 9.88 Å². The normalized spacial score (nSPS) is 10.0. The Morgan fingerprint density at radius 1 is 1.33 bits per heavy atom. The molecular formula is C13H18N2O3. The number of hydrogen-bond acceptors (Lipinski definition) is 4. The Morgan fingerprint density at radius 2 is 2.00 bits per heavy atom. The highest BCUT2D eigenvalue weighted by atomic mass is 16.5. The lowest BCUT2D eigenvalue weighted by molar-refractivity contribution is -0.140. The summed E-state index contributed by atoms with van der Waals surface area (Å²) in [6, 6.07) is 3.56. The molecule has 0 unspecified atom stereocenters. The molecule has 0 N–H and O–H groups in total. The number of aryl methyl sites for hydroxylation is 2. The van der Waals surface area contributed by atoms with Crippen molar-refractivity contribution in [2.24, 2.45) is 0 Å². The molecule has 0 aliphatic carbocycles. The van der Waals surface area contributed by atoms with Crippen LogP contribution in [0.4, 0.5) is 0 Å². The fraction of sp³-hybridized carbons (Fsp3) is 0.462. The van der Waals surface area contributed by atoms with Crippen molar-refractivity contribution in [3.8, 4) is 0 Å². The number of methoxy groups -OCH3 is 1. The average molecular weight is 250 g/mol. The van der Waals surface area contributed by atoms with Gasteiger partial charge in [-0.25, -0.2) is 0 Å². The summed E-state index contributed by atoms with van der Waals surface area (Å²) in [4.78, 5) is 28.9.